The maximum atomic E-state index is 13.1. The normalized spacial score (nSPS) is 13.4. The number of halogens is 7. The molecule has 106 valence electrons. The van der Waals surface area contributed by atoms with Crippen LogP contribution in [-0.2, 0) is 0 Å². The molecule has 0 N–H and O–H groups in total. The monoisotopic (exact) mass is 286 g/mol. The zero-order valence-electron chi connectivity index (χ0n) is 9.45. The molecule has 0 aliphatic heterocycles. The summed E-state index contributed by atoms with van der Waals surface area (Å²) < 4.78 is 87.3. The van der Waals surface area contributed by atoms with Gasteiger partial charge in [-0.15, -0.1) is 0 Å². The van der Waals surface area contributed by atoms with Crippen LogP contribution in [0, 0.1) is 0 Å². The van der Waals surface area contributed by atoms with Crippen LogP contribution in [0.3, 0.4) is 0 Å². The Morgan fingerprint density at radius 3 is 1.79 bits per heavy atom. The third kappa shape index (κ3) is 3.08. The van der Waals surface area contributed by atoms with E-state index in [1.54, 1.807) is 6.07 Å². The molecular formula is C12H9F7. The molecule has 0 aromatic heterocycles. The highest BCUT2D eigenvalue weighted by molar-refractivity contribution is 5.63. The molecule has 1 aromatic carbocycles. The minimum absolute atomic E-state index is 0.0835. The second-order valence-electron chi connectivity index (χ2n) is 3.92. The lowest BCUT2D eigenvalue weighted by atomic mass is 9.97. The fourth-order valence-electron chi connectivity index (χ4n) is 1.36. The van der Waals surface area contributed by atoms with Crippen molar-refractivity contribution < 1.29 is 30.7 Å². The average molecular weight is 286 g/mol. The van der Waals surface area contributed by atoms with E-state index in [1.165, 1.54) is 24.3 Å². The lowest BCUT2D eigenvalue weighted by Gasteiger charge is -2.28. The number of hydrogen-bond donors (Lipinski definition) is 0. The van der Waals surface area contributed by atoms with Crippen LogP contribution in [-0.4, -0.2) is 18.0 Å². The first-order valence-electron chi connectivity index (χ1n) is 5.04. The Morgan fingerprint density at radius 2 is 1.37 bits per heavy atom. The molecule has 0 saturated carbocycles. The molecule has 0 aliphatic carbocycles. The van der Waals surface area contributed by atoms with Gasteiger partial charge in [0.2, 0.25) is 0 Å². The number of hydrogen-bond acceptors (Lipinski definition) is 0. The first kappa shape index (κ1) is 15.5. The highest BCUT2D eigenvalue weighted by atomic mass is 19.4. The van der Waals surface area contributed by atoms with Crippen molar-refractivity contribution in [1.82, 2.24) is 0 Å². The molecule has 0 nitrogen and oxygen atoms in total. The minimum atomic E-state index is -6.31. The molecule has 0 fully saturated rings. The first-order chi connectivity index (χ1) is 8.49. The van der Waals surface area contributed by atoms with E-state index in [1.807, 2.05) is 0 Å². The zero-order valence-corrected chi connectivity index (χ0v) is 9.45. The summed E-state index contributed by atoms with van der Waals surface area (Å²) in [6.07, 6.45) is -8.09. The number of rotatable bonds is 4. The number of allylic oxidation sites excluding steroid dienone is 1. The van der Waals surface area contributed by atoms with E-state index >= 15 is 0 Å². The fraction of sp³-hybridized carbons (Fsp3) is 0.333. The van der Waals surface area contributed by atoms with Gasteiger partial charge in [-0.1, -0.05) is 36.9 Å². The van der Waals surface area contributed by atoms with E-state index < -0.39 is 30.0 Å². The van der Waals surface area contributed by atoms with Crippen LogP contribution in [0.2, 0.25) is 0 Å². The SMILES string of the molecule is C=C(CC(F)(F)C(F)(F)C(F)(F)F)c1ccccc1. The van der Waals surface area contributed by atoms with Crippen molar-refractivity contribution in [2.24, 2.45) is 0 Å². The second-order valence-corrected chi connectivity index (χ2v) is 3.92. The van der Waals surface area contributed by atoms with Crippen LogP contribution in [0.1, 0.15) is 12.0 Å². The van der Waals surface area contributed by atoms with E-state index in [0.717, 1.165) is 0 Å². The smallest absolute Gasteiger partial charge is 0.199 e. The van der Waals surface area contributed by atoms with Crippen LogP contribution in [0.25, 0.3) is 5.57 Å². The fourth-order valence-corrected chi connectivity index (χ4v) is 1.36. The Bertz CT molecular complexity index is 445. The summed E-state index contributed by atoms with van der Waals surface area (Å²) in [6.45, 7) is 3.13. The van der Waals surface area contributed by atoms with Gasteiger partial charge in [-0.3, -0.25) is 0 Å². The summed E-state index contributed by atoms with van der Waals surface area (Å²) in [4.78, 5) is 0. The molecule has 0 saturated heterocycles. The largest absolute Gasteiger partial charge is 0.459 e. The standard InChI is InChI=1S/C12H9F7/c1-8(9-5-3-2-4-6-9)7-10(13,14)11(15,16)12(17,18)19/h2-6H,1,7H2. The molecule has 0 amide bonds. The molecule has 0 unspecified atom stereocenters. The van der Waals surface area contributed by atoms with Crippen LogP contribution in [0.4, 0.5) is 30.7 Å². The highest BCUT2D eigenvalue weighted by Gasteiger charge is 2.72. The van der Waals surface area contributed by atoms with E-state index in [4.69, 9.17) is 0 Å². The Morgan fingerprint density at radius 1 is 0.895 bits per heavy atom. The number of benzene rings is 1. The van der Waals surface area contributed by atoms with Crippen LogP contribution in [0.5, 0.6) is 0 Å². The molecule has 0 bridgehead atoms. The van der Waals surface area contributed by atoms with Crippen molar-refractivity contribution >= 4 is 5.57 Å². The van der Waals surface area contributed by atoms with Crippen LogP contribution in [0.15, 0.2) is 36.9 Å². The van der Waals surface area contributed by atoms with Crippen molar-refractivity contribution in [3.63, 3.8) is 0 Å². The second kappa shape index (κ2) is 4.86. The summed E-state index contributed by atoms with van der Waals surface area (Å²) >= 11 is 0. The molecule has 0 aliphatic rings. The summed E-state index contributed by atoms with van der Waals surface area (Å²) in [5.74, 6) is -11.4. The van der Waals surface area contributed by atoms with E-state index in [9.17, 15) is 30.7 Å². The number of alkyl halides is 7. The predicted octanol–water partition coefficient (Wildman–Crippen LogP) is 4.92. The third-order valence-corrected chi connectivity index (χ3v) is 2.43. The van der Waals surface area contributed by atoms with Crippen LogP contribution >= 0.6 is 0 Å². The van der Waals surface area contributed by atoms with Gasteiger partial charge in [-0.05, 0) is 11.1 Å². The highest BCUT2D eigenvalue weighted by Crippen LogP contribution is 2.49. The maximum Gasteiger partial charge on any atom is 0.459 e. The molecule has 0 heterocycles. The molecular weight excluding hydrogens is 277 g/mol. The Balaban J connectivity index is 2.95. The summed E-state index contributed by atoms with van der Waals surface area (Å²) in [7, 11) is 0. The maximum absolute atomic E-state index is 13.1. The molecule has 19 heavy (non-hydrogen) atoms. The van der Waals surface area contributed by atoms with Gasteiger partial charge in [0.15, 0.2) is 0 Å². The van der Waals surface area contributed by atoms with Crippen molar-refractivity contribution in [1.29, 1.82) is 0 Å². The van der Waals surface area contributed by atoms with Crippen LogP contribution < -0.4 is 0 Å². The summed E-state index contributed by atoms with van der Waals surface area (Å²) in [5.41, 5.74) is -0.408. The van der Waals surface area contributed by atoms with Crippen molar-refractivity contribution in [2.45, 2.75) is 24.4 Å². The van der Waals surface area contributed by atoms with E-state index in [-0.39, 0.29) is 5.56 Å². The predicted molar refractivity (Wildman–Crippen MR) is 56.0 cm³/mol. The first-order valence-corrected chi connectivity index (χ1v) is 5.04. The molecule has 1 aromatic rings. The summed E-state index contributed by atoms with van der Waals surface area (Å²) in [6, 6.07) is 6.99. The van der Waals surface area contributed by atoms with E-state index in [0.29, 0.717) is 0 Å². The molecule has 7 heteroatoms. The molecule has 0 atom stereocenters. The molecule has 0 radical (unpaired) electrons. The molecule has 0 spiro atoms. The molecule has 1 rings (SSSR count). The van der Waals surface area contributed by atoms with Gasteiger partial charge in [0, 0.05) is 6.42 Å². The topological polar surface area (TPSA) is 0 Å². The van der Waals surface area contributed by atoms with Gasteiger partial charge in [0.25, 0.3) is 0 Å². The quantitative estimate of drug-likeness (QED) is 0.689. The average Bonchev–Trinajstić information content (AvgIpc) is 2.28. The van der Waals surface area contributed by atoms with Gasteiger partial charge in [0.05, 0.1) is 0 Å². The van der Waals surface area contributed by atoms with E-state index in [2.05, 4.69) is 6.58 Å². The van der Waals surface area contributed by atoms with Gasteiger partial charge >= 0.3 is 18.0 Å². The summed E-state index contributed by atoms with van der Waals surface area (Å²) in [5, 5.41) is 0. The third-order valence-electron chi connectivity index (χ3n) is 2.43. The Kier molecular flexibility index (Phi) is 3.97. The van der Waals surface area contributed by atoms with Gasteiger partial charge < -0.3 is 0 Å². The minimum Gasteiger partial charge on any atom is -0.199 e. The van der Waals surface area contributed by atoms with Crippen molar-refractivity contribution in [2.75, 3.05) is 0 Å². The van der Waals surface area contributed by atoms with Gasteiger partial charge in [-0.2, -0.15) is 30.7 Å². The zero-order chi connectivity index (χ0) is 14.9. The lowest BCUT2D eigenvalue weighted by Crippen LogP contribution is -2.51. The van der Waals surface area contributed by atoms with Crippen molar-refractivity contribution in [3.8, 4) is 0 Å². The Labute approximate surface area is 104 Å². The van der Waals surface area contributed by atoms with Gasteiger partial charge in [-0.25, -0.2) is 0 Å². The lowest BCUT2D eigenvalue weighted by molar-refractivity contribution is -0.352. The Hall–Kier alpha value is -1.53. The van der Waals surface area contributed by atoms with Crippen molar-refractivity contribution in [3.05, 3.63) is 42.5 Å². The van der Waals surface area contributed by atoms with Gasteiger partial charge in [0.1, 0.15) is 0 Å².